The maximum atomic E-state index is 12.3. The van der Waals surface area contributed by atoms with Gasteiger partial charge in [0.1, 0.15) is 56.0 Å². The zero-order valence-corrected chi connectivity index (χ0v) is 30.9. The monoisotopic (exact) mass is 796 g/mol. The van der Waals surface area contributed by atoms with Crippen molar-refractivity contribution in [2.24, 2.45) is 0 Å². The second kappa shape index (κ2) is 24.2. The molecular formula is C38H41BrN2O12. The highest BCUT2D eigenvalue weighted by atomic mass is 79.9. The number of carbonyl (C=O) groups is 5. The standard InChI is InChI=1S/C21H23NO7.C13H11NO3.C4H7BrO2/c1-15(23)26-11-13-28-19-7-3-17(4-8-19)21(25)22-18-5-9-20(10-6-18)29-14-12-27-16(2)24;15-11-5-1-9(2-6-11)13(17)14-10-3-7-12(16)8-4-10;1-4(6)7-3-2-5/h3-10H,11-14H2,1-2H3,(H,22,25);1-8,15-16H,(H,14,17);2-3H2,1H3. The van der Waals surface area contributed by atoms with E-state index in [-0.39, 0.29) is 67.6 Å². The molecule has 0 radical (unpaired) electrons. The molecule has 15 heteroatoms. The number of hydrogen-bond acceptors (Lipinski definition) is 12. The van der Waals surface area contributed by atoms with Gasteiger partial charge >= 0.3 is 17.9 Å². The van der Waals surface area contributed by atoms with Gasteiger partial charge in [0.15, 0.2) is 0 Å². The van der Waals surface area contributed by atoms with Crippen LogP contribution >= 0.6 is 15.9 Å². The van der Waals surface area contributed by atoms with Crippen LogP contribution in [0.4, 0.5) is 11.4 Å². The van der Waals surface area contributed by atoms with Gasteiger partial charge in [-0.05, 0) is 97.1 Å². The number of alkyl halides is 1. The fourth-order valence-corrected chi connectivity index (χ4v) is 3.94. The highest BCUT2D eigenvalue weighted by Gasteiger charge is 2.08. The summed E-state index contributed by atoms with van der Waals surface area (Å²) in [5.41, 5.74) is 2.14. The number of halogens is 1. The smallest absolute Gasteiger partial charge is 0.302 e. The lowest BCUT2D eigenvalue weighted by Crippen LogP contribution is -2.12. The molecule has 0 spiro atoms. The molecule has 0 aliphatic heterocycles. The maximum absolute atomic E-state index is 12.3. The molecule has 0 aliphatic rings. The van der Waals surface area contributed by atoms with Crippen molar-refractivity contribution in [1.82, 2.24) is 0 Å². The minimum absolute atomic E-state index is 0.117. The summed E-state index contributed by atoms with van der Waals surface area (Å²) in [4.78, 5) is 55.4. The Morgan fingerprint density at radius 2 is 0.811 bits per heavy atom. The van der Waals surface area contributed by atoms with E-state index in [2.05, 4.69) is 31.3 Å². The molecule has 2 amide bonds. The van der Waals surface area contributed by atoms with Crippen LogP contribution in [0.1, 0.15) is 41.5 Å². The van der Waals surface area contributed by atoms with E-state index in [1.165, 1.54) is 57.2 Å². The third-order valence-electron chi connectivity index (χ3n) is 6.18. The predicted molar refractivity (Wildman–Crippen MR) is 200 cm³/mol. The average Bonchev–Trinajstić information content (AvgIpc) is 3.13. The molecule has 4 aromatic rings. The molecule has 14 nitrogen and oxygen atoms in total. The van der Waals surface area contributed by atoms with Gasteiger partial charge in [-0.3, -0.25) is 24.0 Å². The van der Waals surface area contributed by atoms with Gasteiger partial charge in [-0.2, -0.15) is 0 Å². The zero-order chi connectivity index (χ0) is 39.0. The number of phenolic OH excluding ortho intramolecular Hbond substituents is 2. The quantitative estimate of drug-likeness (QED) is 0.0376. The Hall–Kier alpha value is -6.09. The summed E-state index contributed by atoms with van der Waals surface area (Å²) in [6.45, 7) is 5.36. The summed E-state index contributed by atoms with van der Waals surface area (Å²) < 4.78 is 24.9. The second-order valence-electron chi connectivity index (χ2n) is 10.5. The molecule has 53 heavy (non-hydrogen) atoms. The summed E-state index contributed by atoms with van der Waals surface area (Å²) in [5, 5.41) is 24.4. The molecule has 0 heterocycles. The van der Waals surface area contributed by atoms with Gasteiger partial charge in [-0.1, -0.05) is 15.9 Å². The molecule has 0 unspecified atom stereocenters. The van der Waals surface area contributed by atoms with Gasteiger partial charge in [-0.15, -0.1) is 0 Å². The van der Waals surface area contributed by atoms with Crippen LogP contribution in [0.5, 0.6) is 23.0 Å². The number of esters is 3. The van der Waals surface area contributed by atoms with Gasteiger partial charge in [0.25, 0.3) is 11.8 Å². The third-order valence-corrected chi connectivity index (χ3v) is 6.50. The van der Waals surface area contributed by atoms with Crippen molar-refractivity contribution in [3.05, 3.63) is 108 Å². The van der Waals surface area contributed by atoms with Crippen LogP contribution in [0.3, 0.4) is 0 Å². The normalized spacial score (nSPS) is 9.74. The Bertz CT molecular complexity index is 1730. The minimum Gasteiger partial charge on any atom is -0.508 e. The van der Waals surface area contributed by atoms with Gasteiger partial charge < -0.3 is 44.5 Å². The molecule has 0 aromatic heterocycles. The second-order valence-corrected chi connectivity index (χ2v) is 11.2. The summed E-state index contributed by atoms with van der Waals surface area (Å²) in [5.74, 6) is -0.0289. The number of hydrogen-bond donors (Lipinski definition) is 4. The van der Waals surface area contributed by atoms with Gasteiger partial charge in [0, 0.05) is 48.6 Å². The van der Waals surface area contributed by atoms with Crippen molar-refractivity contribution in [1.29, 1.82) is 0 Å². The lowest BCUT2D eigenvalue weighted by Gasteiger charge is -2.09. The molecule has 0 saturated heterocycles. The Kier molecular flexibility index (Phi) is 19.6. The SMILES string of the molecule is CC(=O)OCCBr.CC(=O)OCCOc1ccc(NC(=O)c2ccc(OCCOC(C)=O)cc2)cc1.O=C(Nc1ccc(O)cc1)c1ccc(O)cc1. The van der Waals surface area contributed by atoms with E-state index < -0.39 is 0 Å². The number of amides is 2. The summed E-state index contributed by atoms with van der Waals surface area (Å²) in [7, 11) is 0. The van der Waals surface area contributed by atoms with Crippen molar-refractivity contribution in [2.75, 3.05) is 49.0 Å². The van der Waals surface area contributed by atoms with Crippen molar-refractivity contribution >= 4 is 57.0 Å². The molecule has 0 bridgehead atoms. The lowest BCUT2D eigenvalue weighted by atomic mass is 10.2. The number of rotatable bonds is 14. The minimum atomic E-state index is -0.359. The zero-order valence-electron chi connectivity index (χ0n) is 29.3. The van der Waals surface area contributed by atoms with Crippen LogP contribution in [0.15, 0.2) is 97.1 Å². The predicted octanol–water partition coefficient (Wildman–Crippen LogP) is 6.12. The first-order valence-corrected chi connectivity index (χ1v) is 17.1. The van der Waals surface area contributed by atoms with Crippen molar-refractivity contribution in [2.45, 2.75) is 20.8 Å². The lowest BCUT2D eigenvalue weighted by molar-refractivity contribution is -0.142. The molecule has 0 aliphatic carbocycles. The van der Waals surface area contributed by atoms with E-state index >= 15 is 0 Å². The Labute approximate surface area is 315 Å². The molecule has 0 saturated carbocycles. The van der Waals surface area contributed by atoms with Crippen LogP contribution in [-0.2, 0) is 28.6 Å². The largest absolute Gasteiger partial charge is 0.508 e. The van der Waals surface area contributed by atoms with Crippen molar-refractivity contribution in [3.8, 4) is 23.0 Å². The van der Waals surface area contributed by atoms with E-state index in [1.807, 2.05) is 0 Å². The van der Waals surface area contributed by atoms with Gasteiger partial charge in [0.2, 0.25) is 0 Å². The fraction of sp³-hybridized carbons (Fsp3) is 0.237. The number of benzene rings is 4. The Morgan fingerprint density at radius 3 is 1.17 bits per heavy atom. The van der Waals surface area contributed by atoms with E-state index in [1.54, 1.807) is 60.7 Å². The highest BCUT2D eigenvalue weighted by molar-refractivity contribution is 9.09. The van der Waals surface area contributed by atoms with Crippen LogP contribution in [0.2, 0.25) is 0 Å². The molecule has 282 valence electrons. The first-order valence-electron chi connectivity index (χ1n) is 16.0. The van der Waals surface area contributed by atoms with Crippen LogP contribution in [-0.4, -0.2) is 78.3 Å². The van der Waals surface area contributed by atoms with E-state index in [4.69, 9.17) is 29.2 Å². The molecular weight excluding hydrogens is 756 g/mol. The summed E-state index contributed by atoms with van der Waals surface area (Å²) >= 11 is 3.10. The van der Waals surface area contributed by atoms with Crippen LogP contribution < -0.4 is 20.1 Å². The molecule has 0 atom stereocenters. The number of ether oxygens (including phenoxy) is 5. The molecule has 0 fully saturated rings. The van der Waals surface area contributed by atoms with Crippen molar-refractivity contribution in [3.63, 3.8) is 0 Å². The Morgan fingerprint density at radius 1 is 0.491 bits per heavy atom. The van der Waals surface area contributed by atoms with E-state index in [9.17, 15) is 24.0 Å². The van der Waals surface area contributed by atoms with Crippen LogP contribution in [0.25, 0.3) is 0 Å². The van der Waals surface area contributed by atoms with Gasteiger partial charge in [0.05, 0.1) is 0 Å². The third kappa shape index (κ3) is 19.2. The van der Waals surface area contributed by atoms with E-state index in [0.717, 1.165) is 0 Å². The Balaban J connectivity index is 0.000000338. The molecule has 4 aromatic carbocycles. The number of carbonyl (C=O) groups excluding carboxylic acids is 5. The molecule has 4 N–H and O–H groups in total. The first kappa shape index (κ1) is 43.1. The number of nitrogens with one attached hydrogen (secondary N) is 2. The van der Waals surface area contributed by atoms with E-state index in [0.29, 0.717) is 45.9 Å². The summed E-state index contributed by atoms with van der Waals surface area (Å²) in [6, 6.07) is 25.6. The first-order chi connectivity index (χ1) is 25.4. The molecule has 4 rings (SSSR count). The number of phenols is 2. The maximum Gasteiger partial charge on any atom is 0.302 e. The highest BCUT2D eigenvalue weighted by Crippen LogP contribution is 2.19. The number of anilines is 2. The van der Waals surface area contributed by atoms with Crippen molar-refractivity contribution < 1.29 is 57.9 Å². The topological polar surface area (TPSA) is 196 Å². The fourth-order valence-electron chi connectivity index (χ4n) is 3.77. The number of aromatic hydroxyl groups is 2. The summed E-state index contributed by atoms with van der Waals surface area (Å²) in [6.07, 6.45) is 0. The van der Waals surface area contributed by atoms with Crippen LogP contribution in [0, 0.1) is 0 Å². The van der Waals surface area contributed by atoms with Gasteiger partial charge in [-0.25, -0.2) is 0 Å². The average molecular weight is 798 g/mol.